The summed E-state index contributed by atoms with van der Waals surface area (Å²) in [7, 11) is 0. The van der Waals surface area contributed by atoms with E-state index in [1.54, 1.807) is 12.2 Å². The van der Waals surface area contributed by atoms with Crippen LogP contribution in [0.4, 0.5) is 4.79 Å². The van der Waals surface area contributed by atoms with Gasteiger partial charge in [0.15, 0.2) is 0 Å². The van der Waals surface area contributed by atoms with Gasteiger partial charge in [-0.2, -0.15) is 0 Å². The zero-order valence-electron chi connectivity index (χ0n) is 5.35. The second kappa shape index (κ2) is 3.72. The van der Waals surface area contributed by atoms with Crippen molar-refractivity contribution in [2.75, 3.05) is 0 Å². The van der Waals surface area contributed by atoms with Crippen molar-refractivity contribution in [3.63, 3.8) is 0 Å². The van der Waals surface area contributed by atoms with Crippen molar-refractivity contribution in [2.45, 2.75) is 6.92 Å². The van der Waals surface area contributed by atoms with E-state index in [1.165, 1.54) is 0 Å². The summed E-state index contributed by atoms with van der Waals surface area (Å²) in [6.45, 7) is 5.31. The molecule has 0 aliphatic heterocycles. The van der Waals surface area contributed by atoms with E-state index in [9.17, 15) is 4.79 Å². The van der Waals surface area contributed by atoms with Crippen LogP contribution in [0.1, 0.15) is 6.92 Å². The lowest BCUT2D eigenvalue weighted by molar-refractivity contribution is 0.251. The number of amides is 2. The molecule has 0 saturated carbocycles. The quantitative estimate of drug-likeness (QED) is 0.527. The maximum absolute atomic E-state index is 10.1. The van der Waals surface area contributed by atoms with Crippen LogP contribution in [0.5, 0.6) is 0 Å². The molecule has 0 aromatic carbocycles. The van der Waals surface area contributed by atoms with Gasteiger partial charge in [-0.05, 0) is 13.0 Å². The minimum atomic E-state index is -0.585. The monoisotopic (exact) mass is 126 g/mol. The molecule has 0 radical (unpaired) electrons. The first-order chi connectivity index (χ1) is 4.16. The molecule has 0 spiro atoms. The van der Waals surface area contributed by atoms with E-state index in [0.29, 0.717) is 5.70 Å². The third-order valence-corrected chi connectivity index (χ3v) is 0.652. The minimum absolute atomic E-state index is 0.505. The van der Waals surface area contributed by atoms with Gasteiger partial charge >= 0.3 is 6.03 Å². The van der Waals surface area contributed by atoms with Crippen LogP contribution in [-0.4, -0.2) is 6.03 Å². The third kappa shape index (κ3) is 4.61. The van der Waals surface area contributed by atoms with Gasteiger partial charge in [0.2, 0.25) is 0 Å². The molecule has 0 aromatic heterocycles. The fourth-order valence-electron chi connectivity index (χ4n) is 0.401. The number of hydrogen-bond donors (Lipinski definition) is 2. The van der Waals surface area contributed by atoms with Crippen LogP contribution >= 0.6 is 0 Å². The number of nitrogens with two attached hydrogens (primary N) is 1. The fourth-order valence-corrected chi connectivity index (χ4v) is 0.401. The van der Waals surface area contributed by atoms with Gasteiger partial charge in [0.25, 0.3) is 0 Å². The van der Waals surface area contributed by atoms with Gasteiger partial charge in [0.05, 0.1) is 0 Å². The smallest absolute Gasteiger partial charge is 0.316 e. The number of urea groups is 1. The lowest BCUT2D eigenvalue weighted by Crippen LogP contribution is -2.27. The Morgan fingerprint density at radius 2 is 2.33 bits per heavy atom. The van der Waals surface area contributed by atoms with Crippen LogP contribution < -0.4 is 11.1 Å². The van der Waals surface area contributed by atoms with E-state index in [4.69, 9.17) is 5.73 Å². The molecule has 3 heteroatoms. The Balaban J connectivity index is 3.64. The maximum Gasteiger partial charge on any atom is 0.316 e. The highest BCUT2D eigenvalue weighted by Crippen LogP contribution is 1.83. The Morgan fingerprint density at radius 1 is 1.78 bits per heavy atom. The summed E-state index contributed by atoms with van der Waals surface area (Å²) in [5, 5.41) is 2.30. The molecule has 9 heavy (non-hydrogen) atoms. The molecule has 0 unspecified atom stereocenters. The molecule has 0 fully saturated rings. The highest BCUT2D eigenvalue weighted by Gasteiger charge is 1.88. The van der Waals surface area contributed by atoms with Crippen molar-refractivity contribution in [1.82, 2.24) is 5.32 Å². The molecule has 0 aromatic rings. The summed E-state index contributed by atoms with van der Waals surface area (Å²) in [5.74, 6) is 0. The Kier molecular flexibility index (Phi) is 3.20. The normalized spacial score (nSPS) is 9.44. The number of carbonyl (C=O) groups excluding carboxylic acids is 1. The Bertz CT molecular complexity index is 149. The zero-order chi connectivity index (χ0) is 7.28. The predicted octanol–water partition coefficient (Wildman–Crippen LogP) is 0.745. The number of nitrogens with one attached hydrogen (secondary N) is 1. The minimum Gasteiger partial charge on any atom is -0.351 e. The second-order valence-electron chi connectivity index (χ2n) is 1.51. The van der Waals surface area contributed by atoms with E-state index in [1.807, 2.05) is 6.92 Å². The van der Waals surface area contributed by atoms with Crippen LogP contribution in [0.25, 0.3) is 0 Å². The number of allylic oxidation sites excluding steroid dienone is 2. The molecule has 50 valence electrons. The van der Waals surface area contributed by atoms with E-state index in [2.05, 4.69) is 11.9 Å². The second-order valence-corrected chi connectivity index (χ2v) is 1.51. The molecule has 3 nitrogen and oxygen atoms in total. The van der Waals surface area contributed by atoms with Crippen LogP contribution in [0.3, 0.4) is 0 Å². The Hall–Kier alpha value is -1.25. The number of primary amides is 1. The van der Waals surface area contributed by atoms with E-state index >= 15 is 0 Å². The van der Waals surface area contributed by atoms with Gasteiger partial charge in [-0.15, -0.1) is 0 Å². The van der Waals surface area contributed by atoms with Gasteiger partial charge in [-0.3, -0.25) is 0 Å². The summed E-state index contributed by atoms with van der Waals surface area (Å²) in [4.78, 5) is 10.1. The van der Waals surface area contributed by atoms with Crippen molar-refractivity contribution >= 4 is 6.03 Å². The third-order valence-electron chi connectivity index (χ3n) is 0.652. The van der Waals surface area contributed by atoms with Crippen molar-refractivity contribution in [1.29, 1.82) is 0 Å². The lowest BCUT2D eigenvalue weighted by atomic mass is 10.4. The van der Waals surface area contributed by atoms with Gasteiger partial charge in [0.1, 0.15) is 0 Å². The van der Waals surface area contributed by atoms with Crippen molar-refractivity contribution in [2.24, 2.45) is 5.73 Å². The molecular weight excluding hydrogens is 116 g/mol. The molecular formula is C6H10N2O. The number of hydrogen-bond acceptors (Lipinski definition) is 1. The van der Waals surface area contributed by atoms with Crippen LogP contribution in [0.15, 0.2) is 24.4 Å². The van der Waals surface area contributed by atoms with Gasteiger partial charge in [-0.25, -0.2) is 4.79 Å². The molecule has 0 saturated heterocycles. The average molecular weight is 126 g/mol. The first-order valence-electron chi connectivity index (χ1n) is 2.55. The Morgan fingerprint density at radius 3 is 2.67 bits per heavy atom. The molecule has 0 bridgehead atoms. The lowest BCUT2D eigenvalue weighted by Gasteiger charge is -1.96. The summed E-state index contributed by atoms with van der Waals surface area (Å²) in [5.41, 5.74) is 5.28. The summed E-state index contributed by atoms with van der Waals surface area (Å²) >= 11 is 0. The van der Waals surface area contributed by atoms with Crippen LogP contribution in [-0.2, 0) is 0 Å². The van der Waals surface area contributed by atoms with E-state index in [0.717, 1.165) is 0 Å². The van der Waals surface area contributed by atoms with Gasteiger partial charge < -0.3 is 11.1 Å². The van der Waals surface area contributed by atoms with Crippen molar-refractivity contribution < 1.29 is 4.79 Å². The zero-order valence-corrected chi connectivity index (χ0v) is 5.35. The van der Waals surface area contributed by atoms with Gasteiger partial charge in [0, 0.05) is 5.70 Å². The molecule has 2 amide bonds. The van der Waals surface area contributed by atoms with E-state index < -0.39 is 6.03 Å². The molecule has 0 heterocycles. The molecule has 0 aliphatic rings. The van der Waals surface area contributed by atoms with E-state index in [-0.39, 0.29) is 0 Å². The first kappa shape index (κ1) is 7.75. The molecule has 3 N–H and O–H groups in total. The van der Waals surface area contributed by atoms with Crippen molar-refractivity contribution in [3.8, 4) is 0 Å². The van der Waals surface area contributed by atoms with Crippen LogP contribution in [0.2, 0.25) is 0 Å². The fraction of sp³-hybridized carbons (Fsp3) is 0.167. The number of carbonyl (C=O) groups is 1. The standard InChI is InChI=1S/C6H10N2O/c1-3-4-5(2)8-6(7)9/h3-4H,2H2,1H3,(H3,7,8,9)/b4-3-. The first-order valence-corrected chi connectivity index (χ1v) is 2.55. The summed E-state index contributed by atoms with van der Waals surface area (Å²) < 4.78 is 0. The highest BCUT2D eigenvalue weighted by molar-refractivity contribution is 5.74. The number of rotatable bonds is 2. The summed E-state index contributed by atoms with van der Waals surface area (Å²) in [6.07, 6.45) is 3.42. The SMILES string of the molecule is C=C(/C=C\C)NC(N)=O. The van der Waals surface area contributed by atoms with Crippen LogP contribution in [0, 0.1) is 0 Å². The Labute approximate surface area is 54.2 Å². The van der Waals surface area contributed by atoms with Gasteiger partial charge in [-0.1, -0.05) is 12.7 Å². The topological polar surface area (TPSA) is 55.1 Å². The highest BCUT2D eigenvalue weighted by atomic mass is 16.2. The molecule has 0 aliphatic carbocycles. The van der Waals surface area contributed by atoms with Crippen molar-refractivity contribution in [3.05, 3.63) is 24.4 Å². The summed E-state index contributed by atoms with van der Waals surface area (Å²) in [6, 6.07) is -0.585. The largest absolute Gasteiger partial charge is 0.351 e. The average Bonchev–Trinajstić information content (AvgIpc) is 1.63. The molecule has 0 rings (SSSR count). The molecule has 0 atom stereocenters. The predicted molar refractivity (Wildman–Crippen MR) is 36.7 cm³/mol. The maximum atomic E-state index is 10.1.